The van der Waals surface area contributed by atoms with E-state index in [0.29, 0.717) is 16.3 Å². The molecule has 0 N–H and O–H groups in total. The molecule has 0 unspecified atom stereocenters. The third-order valence-electron chi connectivity index (χ3n) is 2.40. The molecule has 0 aliphatic carbocycles. The van der Waals surface area contributed by atoms with E-state index < -0.39 is 9.84 Å². The van der Waals surface area contributed by atoms with Crippen molar-refractivity contribution in [1.82, 2.24) is 0 Å². The van der Waals surface area contributed by atoms with Crippen molar-refractivity contribution in [1.29, 1.82) is 0 Å². The van der Waals surface area contributed by atoms with Crippen LogP contribution in [0.15, 0.2) is 28.0 Å². The molecule has 0 aromatic heterocycles. The van der Waals surface area contributed by atoms with Crippen molar-refractivity contribution in [3.05, 3.63) is 33.7 Å². The topological polar surface area (TPSA) is 43.4 Å². The Hall–Kier alpha value is -1.00. The molecule has 0 radical (unpaired) electrons. The van der Waals surface area contributed by atoms with Gasteiger partial charge in [-0.1, -0.05) is 11.6 Å². The molecule has 0 atom stereocenters. The van der Waals surface area contributed by atoms with Crippen molar-refractivity contribution < 1.29 is 13.2 Å². The second kappa shape index (κ2) is 3.25. The van der Waals surface area contributed by atoms with Gasteiger partial charge >= 0.3 is 0 Å². The zero-order valence-electron chi connectivity index (χ0n) is 8.24. The Morgan fingerprint density at radius 1 is 1.33 bits per heavy atom. The zero-order valence-corrected chi connectivity index (χ0v) is 9.82. The smallest absolute Gasteiger partial charge is 0.206 e. The number of hydrogen-bond donors (Lipinski definition) is 0. The minimum Gasteiger partial charge on any atom is -0.495 e. The molecular weight excluding hydrogens is 236 g/mol. The number of methoxy groups -OCH3 is 1. The van der Waals surface area contributed by atoms with Crippen molar-refractivity contribution in [2.24, 2.45) is 0 Å². The summed E-state index contributed by atoms with van der Waals surface area (Å²) in [5, 5.41) is 0.405. The molecule has 0 amide bonds. The molecule has 0 fully saturated rings. The highest BCUT2D eigenvalue weighted by Crippen LogP contribution is 2.40. The summed E-state index contributed by atoms with van der Waals surface area (Å²) in [6.45, 7) is 1.53. The molecule has 1 aromatic rings. The number of sulfone groups is 1. The van der Waals surface area contributed by atoms with E-state index in [0.717, 1.165) is 0 Å². The van der Waals surface area contributed by atoms with Crippen LogP contribution < -0.4 is 0 Å². The summed E-state index contributed by atoms with van der Waals surface area (Å²) in [4.78, 5) is 0.464. The first-order chi connectivity index (χ1) is 6.98. The van der Waals surface area contributed by atoms with Crippen LogP contribution in [0, 0.1) is 0 Å². The van der Waals surface area contributed by atoms with Gasteiger partial charge in [-0.25, -0.2) is 8.42 Å². The molecule has 80 valence electrons. The van der Waals surface area contributed by atoms with E-state index in [4.69, 9.17) is 16.3 Å². The van der Waals surface area contributed by atoms with Gasteiger partial charge in [0.1, 0.15) is 5.76 Å². The molecule has 1 aliphatic heterocycles. The first-order valence-electron chi connectivity index (χ1n) is 4.28. The van der Waals surface area contributed by atoms with Gasteiger partial charge in [0.05, 0.1) is 16.9 Å². The van der Waals surface area contributed by atoms with Crippen LogP contribution in [-0.2, 0) is 14.6 Å². The highest BCUT2D eigenvalue weighted by Gasteiger charge is 2.33. The molecule has 15 heavy (non-hydrogen) atoms. The van der Waals surface area contributed by atoms with Crippen LogP contribution >= 0.6 is 11.6 Å². The van der Waals surface area contributed by atoms with Gasteiger partial charge in [-0.2, -0.15) is 0 Å². The lowest BCUT2D eigenvalue weighted by molar-refractivity contribution is 0.368. The zero-order chi connectivity index (χ0) is 11.2. The molecular formula is C10H9ClO3S. The second-order valence-corrected chi connectivity index (χ2v) is 5.73. The summed E-state index contributed by atoms with van der Waals surface area (Å²) < 4.78 is 28.9. The SMILES string of the molecule is COC1=C(C)S(=O)(=O)c2cc(Cl)ccc21. The van der Waals surface area contributed by atoms with Crippen LogP contribution in [0.3, 0.4) is 0 Å². The van der Waals surface area contributed by atoms with Gasteiger partial charge in [0, 0.05) is 10.6 Å². The van der Waals surface area contributed by atoms with Crippen LogP contribution in [0.1, 0.15) is 12.5 Å². The van der Waals surface area contributed by atoms with Gasteiger partial charge in [-0.15, -0.1) is 0 Å². The van der Waals surface area contributed by atoms with Gasteiger partial charge in [-0.05, 0) is 25.1 Å². The number of allylic oxidation sites excluding steroid dienone is 1. The standard InChI is InChI=1S/C10H9ClO3S/c1-6-10(14-2)8-4-3-7(11)5-9(8)15(6,12)13/h3-5H,1-2H3. The number of rotatable bonds is 1. The Balaban J connectivity index is 2.82. The van der Waals surface area contributed by atoms with E-state index in [2.05, 4.69) is 0 Å². The first-order valence-corrected chi connectivity index (χ1v) is 6.14. The lowest BCUT2D eigenvalue weighted by Gasteiger charge is -2.02. The summed E-state index contributed by atoms with van der Waals surface area (Å²) in [5.74, 6) is 0.404. The number of ether oxygens (including phenoxy) is 1. The van der Waals surface area contributed by atoms with Gasteiger partial charge < -0.3 is 4.74 Å². The van der Waals surface area contributed by atoms with Gasteiger partial charge in [0.15, 0.2) is 0 Å². The number of halogens is 1. The average molecular weight is 245 g/mol. The van der Waals surface area contributed by atoms with E-state index in [1.54, 1.807) is 12.1 Å². The summed E-state index contributed by atoms with van der Waals surface area (Å²) in [7, 11) is -1.94. The van der Waals surface area contributed by atoms with Gasteiger partial charge in [0.25, 0.3) is 0 Å². The summed E-state index contributed by atoms with van der Waals surface area (Å²) in [5.41, 5.74) is 0.583. The lowest BCUT2D eigenvalue weighted by atomic mass is 10.2. The van der Waals surface area contributed by atoms with Crippen LogP contribution in [0.5, 0.6) is 0 Å². The number of hydrogen-bond acceptors (Lipinski definition) is 3. The van der Waals surface area contributed by atoms with Crippen molar-refractivity contribution in [3.63, 3.8) is 0 Å². The minimum absolute atomic E-state index is 0.226. The molecule has 0 saturated heterocycles. The van der Waals surface area contributed by atoms with E-state index in [9.17, 15) is 8.42 Å². The third-order valence-corrected chi connectivity index (χ3v) is 4.55. The molecule has 2 rings (SSSR count). The first kappa shape index (κ1) is 10.5. The van der Waals surface area contributed by atoms with E-state index >= 15 is 0 Å². The Morgan fingerprint density at radius 3 is 2.60 bits per heavy atom. The maximum absolute atomic E-state index is 11.9. The lowest BCUT2D eigenvalue weighted by Crippen LogP contribution is -1.97. The van der Waals surface area contributed by atoms with Gasteiger partial charge in [-0.3, -0.25) is 0 Å². The average Bonchev–Trinajstić information content (AvgIpc) is 2.37. The van der Waals surface area contributed by atoms with E-state index in [1.807, 2.05) is 0 Å². The number of benzene rings is 1. The largest absolute Gasteiger partial charge is 0.495 e. The van der Waals surface area contributed by atoms with Crippen LogP contribution in [0.4, 0.5) is 0 Å². The molecule has 1 aliphatic rings. The predicted molar refractivity (Wildman–Crippen MR) is 58.2 cm³/mol. The maximum atomic E-state index is 11.9. The van der Waals surface area contributed by atoms with Crippen LogP contribution in [0.2, 0.25) is 5.02 Å². The molecule has 1 aromatic carbocycles. The second-order valence-electron chi connectivity index (χ2n) is 3.23. The quantitative estimate of drug-likeness (QED) is 0.762. The Morgan fingerprint density at radius 2 is 2.00 bits per heavy atom. The summed E-state index contributed by atoms with van der Waals surface area (Å²) in [6.07, 6.45) is 0. The molecule has 5 heteroatoms. The molecule has 0 bridgehead atoms. The minimum atomic E-state index is -3.40. The van der Waals surface area contributed by atoms with E-state index in [1.165, 1.54) is 20.1 Å². The molecule has 3 nitrogen and oxygen atoms in total. The Kier molecular flexibility index (Phi) is 2.28. The molecule has 1 heterocycles. The monoisotopic (exact) mass is 244 g/mol. The van der Waals surface area contributed by atoms with Crippen molar-refractivity contribution >= 4 is 27.2 Å². The Bertz CT molecular complexity index is 558. The van der Waals surface area contributed by atoms with E-state index in [-0.39, 0.29) is 9.80 Å². The maximum Gasteiger partial charge on any atom is 0.206 e. The fourth-order valence-corrected chi connectivity index (χ4v) is 3.37. The molecule has 0 saturated carbocycles. The number of fused-ring (bicyclic) bond motifs is 1. The highest BCUT2D eigenvalue weighted by molar-refractivity contribution is 7.95. The van der Waals surface area contributed by atoms with Crippen molar-refractivity contribution in [2.45, 2.75) is 11.8 Å². The normalized spacial score (nSPS) is 17.8. The third kappa shape index (κ3) is 1.36. The van der Waals surface area contributed by atoms with Gasteiger partial charge in [0.2, 0.25) is 9.84 Å². The highest BCUT2D eigenvalue weighted by atomic mass is 35.5. The predicted octanol–water partition coefficient (Wildman–Crippen LogP) is 2.46. The Labute approximate surface area is 93.2 Å². The molecule has 0 spiro atoms. The van der Waals surface area contributed by atoms with Crippen LogP contribution in [-0.4, -0.2) is 15.5 Å². The van der Waals surface area contributed by atoms with Crippen LogP contribution in [0.25, 0.3) is 5.76 Å². The summed E-state index contributed by atoms with van der Waals surface area (Å²) in [6, 6.07) is 4.75. The van der Waals surface area contributed by atoms with Crippen molar-refractivity contribution in [2.75, 3.05) is 7.11 Å². The van der Waals surface area contributed by atoms with Crippen molar-refractivity contribution in [3.8, 4) is 0 Å². The summed E-state index contributed by atoms with van der Waals surface area (Å²) >= 11 is 5.77. The fourth-order valence-electron chi connectivity index (χ4n) is 1.64. The fraction of sp³-hybridized carbons (Fsp3) is 0.200.